The third kappa shape index (κ3) is 4.33. The fourth-order valence-corrected chi connectivity index (χ4v) is 4.06. The fraction of sp³-hybridized carbons (Fsp3) is 0.348. The molecule has 2 fully saturated rings. The summed E-state index contributed by atoms with van der Waals surface area (Å²) in [6.45, 7) is 3.51. The summed E-state index contributed by atoms with van der Waals surface area (Å²) in [4.78, 5) is 42.7. The van der Waals surface area contributed by atoms with E-state index in [2.05, 4.69) is 5.32 Å². The van der Waals surface area contributed by atoms with Crippen molar-refractivity contribution in [2.24, 2.45) is 0 Å². The number of carbonyl (C=O) groups excluding carboxylic acids is 3. The molecule has 4 rings (SSSR count). The van der Waals surface area contributed by atoms with Crippen LogP contribution in [0.4, 0.5) is 21.0 Å². The summed E-state index contributed by atoms with van der Waals surface area (Å²) >= 11 is 0. The Bertz CT molecular complexity index is 957. The van der Waals surface area contributed by atoms with E-state index in [0.717, 1.165) is 0 Å². The van der Waals surface area contributed by atoms with E-state index in [1.54, 1.807) is 34.1 Å². The zero-order chi connectivity index (χ0) is 21.8. The van der Waals surface area contributed by atoms with E-state index in [4.69, 9.17) is 4.74 Å². The number of nitrogens with zero attached hydrogens (tertiary/aromatic N) is 3. The minimum Gasteiger partial charge on any atom is -0.492 e. The van der Waals surface area contributed by atoms with Gasteiger partial charge in [0.15, 0.2) is 0 Å². The van der Waals surface area contributed by atoms with Crippen LogP contribution >= 0.6 is 0 Å². The molecule has 2 aliphatic rings. The number of hydrogen-bond acceptors (Lipinski definition) is 4. The van der Waals surface area contributed by atoms with Crippen molar-refractivity contribution in [1.82, 2.24) is 9.80 Å². The number of benzene rings is 2. The molecule has 0 saturated carbocycles. The predicted molar refractivity (Wildman–Crippen MR) is 117 cm³/mol. The number of ether oxygens (including phenoxy) is 1. The summed E-state index contributed by atoms with van der Waals surface area (Å²) in [7, 11) is 0. The van der Waals surface area contributed by atoms with Gasteiger partial charge in [0, 0.05) is 19.1 Å². The molecule has 31 heavy (non-hydrogen) atoms. The van der Waals surface area contributed by atoms with Crippen LogP contribution in [0.25, 0.3) is 0 Å². The molecule has 8 heteroatoms. The third-order valence-corrected chi connectivity index (χ3v) is 5.63. The second-order valence-electron chi connectivity index (χ2n) is 7.55. The molecule has 0 radical (unpaired) electrons. The molecule has 2 aliphatic heterocycles. The maximum Gasteiger partial charge on any atom is 0.332 e. The molecule has 162 valence electrons. The molecule has 2 heterocycles. The first-order valence-electron chi connectivity index (χ1n) is 10.5. The molecule has 0 bridgehead atoms. The van der Waals surface area contributed by atoms with Gasteiger partial charge < -0.3 is 19.9 Å². The summed E-state index contributed by atoms with van der Waals surface area (Å²) in [6, 6.07) is 15.8. The highest BCUT2D eigenvalue weighted by atomic mass is 16.5. The molecule has 5 amide bonds. The van der Waals surface area contributed by atoms with Gasteiger partial charge in [-0.25, -0.2) is 14.5 Å². The van der Waals surface area contributed by atoms with Gasteiger partial charge in [-0.05, 0) is 44.0 Å². The fourth-order valence-electron chi connectivity index (χ4n) is 4.06. The highest BCUT2D eigenvalue weighted by molar-refractivity contribution is 6.19. The van der Waals surface area contributed by atoms with Crippen molar-refractivity contribution in [2.45, 2.75) is 25.8 Å². The van der Waals surface area contributed by atoms with Crippen LogP contribution in [0.1, 0.15) is 19.8 Å². The molecule has 8 nitrogen and oxygen atoms in total. The van der Waals surface area contributed by atoms with Gasteiger partial charge in [0.25, 0.3) is 5.91 Å². The van der Waals surface area contributed by atoms with Crippen molar-refractivity contribution in [3.8, 4) is 5.75 Å². The molecular weight excluding hydrogens is 396 g/mol. The van der Waals surface area contributed by atoms with Crippen molar-refractivity contribution >= 4 is 29.3 Å². The Morgan fingerprint density at radius 3 is 2.42 bits per heavy atom. The smallest absolute Gasteiger partial charge is 0.332 e. The lowest BCUT2D eigenvalue weighted by Gasteiger charge is -2.36. The van der Waals surface area contributed by atoms with Crippen molar-refractivity contribution in [1.29, 1.82) is 0 Å². The Morgan fingerprint density at radius 1 is 1.03 bits per heavy atom. The first-order valence-corrected chi connectivity index (χ1v) is 10.5. The summed E-state index contributed by atoms with van der Waals surface area (Å²) in [5, 5.41) is 2.91. The first-order chi connectivity index (χ1) is 15.1. The minimum absolute atomic E-state index is 0.0649. The lowest BCUT2D eigenvalue weighted by Crippen LogP contribution is -2.49. The highest BCUT2D eigenvalue weighted by Crippen LogP contribution is 2.27. The largest absolute Gasteiger partial charge is 0.492 e. The number of amides is 5. The second-order valence-corrected chi connectivity index (χ2v) is 7.55. The van der Waals surface area contributed by atoms with Crippen molar-refractivity contribution < 1.29 is 19.1 Å². The number of rotatable bonds is 5. The topological polar surface area (TPSA) is 82.2 Å². The van der Waals surface area contributed by atoms with Crippen LogP contribution < -0.4 is 15.0 Å². The summed E-state index contributed by atoms with van der Waals surface area (Å²) in [6.07, 6.45) is 1.25. The van der Waals surface area contributed by atoms with Crippen LogP contribution in [-0.4, -0.2) is 60.1 Å². The summed E-state index contributed by atoms with van der Waals surface area (Å²) in [5.41, 5.74) is 1.22. The van der Waals surface area contributed by atoms with Crippen LogP contribution in [0.2, 0.25) is 0 Å². The van der Waals surface area contributed by atoms with Crippen LogP contribution in [0.15, 0.2) is 54.6 Å². The number of imide groups is 1. The Kier molecular flexibility index (Phi) is 6.06. The van der Waals surface area contributed by atoms with Crippen LogP contribution in [0, 0.1) is 0 Å². The van der Waals surface area contributed by atoms with E-state index in [0.29, 0.717) is 49.7 Å². The maximum atomic E-state index is 12.9. The number of hydrogen-bond donors (Lipinski definition) is 1. The van der Waals surface area contributed by atoms with E-state index in [1.807, 2.05) is 37.3 Å². The van der Waals surface area contributed by atoms with E-state index in [1.165, 1.54) is 4.90 Å². The van der Waals surface area contributed by atoms with Crippen molar-refractivity contribution in [3.63, 3.8) is 0 Å². The Morgan fingerprint density at radius 2 is 1.71 bits per heavy atom. The molecule has 1 N–H and O–H groups in total. The third-order valence-electron chi connectivity index (χ3n) is 5.63. The zero-order valence-electron chi connectivity index (χ0n) is 17.5. The van der Waals surface area contributed by atoms with E-state index < -0.39 is 0 Å². The van der Waals surface area contributed by atoms with Gasteiger partial charge in [0.2, 0.25) is 0 Å². The van der Waals surface area contributed by atoms with E-state index in [-0.39, 0.29) is 30.6 Å². The average Bonchev–Trinajstić information content (AvgIpc) is 3.09. The number of nitrogens with one attached hydrogen (secondary N) is 1. The monoisotopic (exact) mass is 422 g/mol. The Labute approximate surface area is 181 Å². The van der Waals surface area contributed by atoms with Crippen molar-refractivity contribution in [3.05, 3.63) is 54.6 Å². The molecule has 0 atom stereocenters. The summed E-state index contributed by atoms with van der Waals surface area (Å²) in [5.74, 6) is 0.416. The molecular formula is C23H26N4O4. The maximum absolute atomic E-state index is 12.9. The number of urea groups is 2. The van der Waals surface area contributed by atoms with Gasteiger partial charge in [-0.2, -0.15) is 0 Å². The minimum atomic E-state index is -0.287. The lowest BCUT2D eigenvalue weighted by molar-refractivity contribution is -0.116. The van der Waals surface area contributed by atoms with Crippen LogP contribution in [-0.2, 0) is 4.79 Å². The number of carbonyl (C=O) groups is 3. The average molecular weight is 422 g/mol. The number of piperidine rings is 1. The first kappa shape index (κ1) is 20.7. The lowest BCUT2D eigenvalue weighted by atomic mass is 10.0. The standard InChI is InChI=1S/C23H26N4O4/c1-2-31-20-11-7-6-10-19(20)24-22(29)25-14-12-17(13-15-25)26-16-21(28)27(23(26)30)18-8-4-3-5-9-18/h3-11,17H,2,12-16H2,1H3,(H,24,29). The Balaban J connectivity index is 1.35. The van der Waals surface area contributed by atoms with Gasteiger partial charge in [-0.1, -0.05) is 30.3 Å². The molecule has 0 unspecified atom stereocenters. The quantitative estimate of drug-likeness (QED) is 0.747. The normalized spacial score (nSPS) is 17.3. The van der Waals surface area contributed by atoms with Gasteiger partial charge in [0.1, 0.15) is 12.3 Å². The van der Waals surface area contributed by atoms with Gasteiger partial charge in [-0.3, -0.25) is 4.79 Å². The van der Waals surface area contributed by atoms with Gasteiger partial charge >= 0.3 is 12.1 Å². The molecule has 2 saturated heterocycles. The number of likely N-dealkylation sites (tertiary alicyclic amines) is 1. The van der Waals surface area contributed by atoms with Crippen LogP contribution in [0.3, 0.4) is 0 Å². The van der Waals surface area contributed by atoms with Gasteiger partial charge in [-0.15, -0.1) is 0 Å². The molecule has 0 aliphatic carbocycles. The summed E-state index contributed by atoms with van der Waals surface area (Å²) < 4.78 is 5.56. The molecule has 2 aromatic rings. The van der Waals surface area contributed by atoms with E-state index >= 15 is 0 Å². The molecule has 0 aromatic heterocycles. The number of anilines is 2. The highest BCUT2D eigenvalue weighted by Gasteiger charge is 2.41. The Hall–Kier alpha value is -3.55. The predicted octanol–water partition coefficient (Wildman–Crippen LogP) is 3.55. The van der Waals surface area contributed by atoms with Gasteiger partial charge in [0.05, 0.1) is 18.0 Å². The molecule has 0 spiro atoms. The molecule has 2 aromatic carbocycles. The number of para-hydroxylation sites is 3. The van der Waals surface area contributed by atoms with Crippen molar-refractivity contribution in [2.75, 3.05) is 36.5 Å². The second kappa shape index (κ2) is 9.07. The zero-order valence-corrected chi connectivity index (χ0v) is 17.5. The SMILES string of the molecule is CCOc1ccccc1NC(=O)N1CCC(N2CC(=O)N(c3ccccc3)C2=O)CC1. The van der Waals surface area contributed by atoms with Crippen LogP contribution in [0.5, 0.6) is 5.75 Å². The van der Waals surface area contributed by atoms with E-state index in [9.17, 15) is 14.4 Å².